The van der Waals surface area contributed by atoms with Crippen LogP contribution in [-0.2, 0) is 0 Å². The smallest absolute Gasteiger partial charge is 0.261 e. The van der Waals surface area contributed by atoms with E-state index in [1.807, 2.05) is 36.4 Å². The van der Waals surface area contributed by atoms with E-state index in [2.05, 4.69) is 42.5 Å². The molecule has 0 saturated heterocycles. The van der Waals surface area contributed by atoms with Crippen molar-refractivity contribution >= 4 is 82.3 Å². The van der Waals surface area contributed by atoms with Crippen LogP contribution in [0.1, 0.15) is 10.4 Å². The molecule has 1 heterocycles. The maximum Gasteiger partial charge on any atom is 0.261 e. The van der Waals surface area contributed by atoms with Gasteiger partial charge in [0.15, 0.2) is 5.11 Å². The zero-order valence-corrected chi connectivity index (χ0v) is 20.9. The molecule has 4 rings (SSSR count). The van der Waals surface area contributed by atoms with Crippen LogP contribution in [0.5, 0.6) is 5.75 Å². The number of hydrogen-bond donors (Lipinski definition) is 2. The number of carbonyl (C=O) groups excluding carboxylic acids is 1. The molecule has 0 aliphatic rings. The molecule has 9 heteroatoms. The van der Waals surface area contributed by atoms with Crippen molar-refractivity contribution < 1.29 is 9.53 Å². The van der Waals surface area contributed by atoms with Gasteiger partial charge in [0.1, 0.15) is 10.8 Å². The molecule has 0 unspecified atom stereocenters. The summed E-state index contributed by atoms with van der Waals surface area (Å²) in [6.07, 6.45) is 0. The van der Waals surface area contributed by atoms with Crippen molar-refractivity contribution in [3.63, 3.8) is 0 Å². The monoisotopic (exact) mass is 575 g/mol. The number of amides is 1. The van der Waals surface area contributed by atoms with E-state index >= 15 is 0 Å². The highest BCUT2D eigenvalue weighted by atomic mass is 79.9. The van der Waals surface area contributed by atoms with Gasteiger partial charge in [-0.2, -0.15) is 0 Å². The molecule has 0 radical (unpaired) electrons. The zero-order valence-electron chi connectivity index (χ0n) is 16.1. The Bertz CT molecular complexity index is 1270. The fraction of sp³-hybridized carbons (Fsp3) is 0.0455. The second-order valence-electron chi connectivity index (χ2n) is 6.41. The normalized spacial score (nSPS) is 10.7. The van der Waals surface area contributed by atoms with E-state index in [4.69, 9.17) is 21.9 Å². The number of nitrogens with one attached hydrogen (secondary N) is 2. The Balaban J connectivity index is 1.64. The molecule has 5 nitrogen and oxygen atoms in total. The van der Waals surface area contributed by atoms with Crippen LogP contribution in [-0.4, -0.2) is 23.1 Å². The molecule has 0 atom stereocenters. The number of anilines is 1. The number of halogens is 2. The van der Waals surface area contributed by atoms with Crippen molar-refractivity contribution in [2.24, 2.45) is 0 Å². The maximum absolute atomic E-state index is 12.7. The fourth-order valence-corrected chi connectivity index (χ4v) is 5.51. The molecular weight excluding hydrogens is 562 g/mol. The van der Waals surface area contributed by atoms with Crippen LogP contribution in [0.25, 0.3) is 20.8 Å². The summed E-state index contributed by atoms with van der Waals surface area (Å²) in [7, 11) is 1.52. The van der Waals surface area contributed by atoms with E-state index in [-0.39, 0.29) is 11.0 Å². The van der Waals surface area contributed by atoms with Gasteiger partial charge in [0, 0.05) is 14.5 Å². The lowest BCUT2D eigenvalue weighted by molar-refractivity contribution is 0.0975. The molecule has 1 amide bonds. The first-order chi connectivity index (χ1) is 15.0. The van der Waals surface area contributed by atoms with Crippen molar-refractivity contribution in [3.8, 4) is 16.3 Å². The number of aromatic nitrogens is 1. The third-order valence-electron chi connectivity index (χ3n) is 4.40. The van der Waals surface area contributed by atoms with Gasteiger partial charge in [-0.3, -0.25) is 10.1 Å². The van der Waals surface area contributed by atoms with Crippen LogP contribution in [0.2, 0.25) is 0 Å². The molecule has 0 saturated carbocycles. The molecule has 0 bridgehead atoms. The Morgan fingerprint density at radius 1 is 1.10 bits per heavy atom. The quantitative estimate of drug-likeness (QED) is 0.267. The standard InChI is InChI=1S/C22H15Br2N3O2S2/c1-29-17-8-4-2-6-13(17)20(28)27-22(30)26-19-14(10-12(23)11-15(19)24)21-25-16-7-3-5-9-18(16)31-21/h2-11H,1H3,(H2,26,27,28,30). The van der Waals surface area contributed by atoms with E-state index in [0.29, 0.717) is 17.0 Å². The molecule has 31 heavy (non-hydrogen) atoms. The summed E-state index contributed by atoms with van der Waals surface area (Å²) in [6.45, 7) is 0. The topological polar surface area (TPSA) is 63.2 Å². The zero-order chi connectivity index (χ0) is 22.0. The number of methoxy groups -OCH3 is 1. The molecule has 1 aromatic heterocycles. The van der Waals surface area contributed by atoms with E-state index < -0.39 is 0 Å². The van der Waals surface area contributed by atoms with E-state index in [1.165, 1.54) is 7.11 Å². The largest absolute Gasteiger partial charge is 0.496 e. The number of fused-ring (bicyclic) bond motifs is 1. The number of hydrogen-bond acceptors (Lipinski definition) is 5. The second kappa shape index (κ2) is 9.44. The van der Waals surface area contributed by atoms with Gasteiger partial charge in [-0.1, -0.05) is 40.2 Å². The van der Waals surface area contributed by atoms with Gasteiger partial charge in [-0.25, -0.2) is 4.98 Å². The first-order valence-electron chi connectivity index (χ1n) is 9.06. The Labute approximate surface area is 205 Å². The van der Waals surface area contributed by atoms with Gasteiger partial charge in [0.05, 0.1) is 28.6 Å². The summed E-state index contributed by atoms with van der Waals surface area (Å²) in [4.78, 5) is 17.4. The average molecular weight is 577 g/mol. The lowest BCUT2D eigenvalue weighted by atomic mass is 10.2. The maximum atomic E-state index is 12.7. The number of ether oxygens (including phenoxy) is 1. The molecule has 0 aliphatic heterocycles. The van der Waals surface area contributed by atoms with Gasteiger partial charge in [-0.05, 0) is 64.5 Å². The number of nitrogens with zero attached hydrogens (tertiary/aromatic N) is 1. The van der Waals surface area contributed by atoms with Crippen molar-refractivity contribution in [1.82, 2.24) is 10.3 Å². The molecule has 2 N–H and O–H groups in total. The summed E-state index contributed by atoms with van der Waals surface area (Å²) < 4.78 is 8.02. The third-order valence-corrected chi connectivity index (χ3v) is 6.75. The van der Waals surface area contributed by atoms with Crippen molar-refractivity contribution in [2.75, 3.05) is 12.4 Å². The summed E-state index contributed by atoms with van der Waals surface area (Å²) in [5.74, 6) is 0.118. The first kappa shape index (κ1) is 21.9. The highest BCUT2D eigenvalue weighted by molar-refractivity contribution is 9.11. The third kappa shape index (κ3) is 4.79. The molecule has 0 spiro atoms. The molecule has 0 aliphatic carbocycles. The van der Waals surface area contributed by atoms with Crippen LogP contribution in [0.4, 0.5) is 5.69 Å². The van der Waals surface area contributed by atoms with Gasteiger partial charge >= 0.3 is 0 Å². The van der Waals surface area contributed by atoms with Gasteiger partial charge in [0.25, 0.3) is 5.91 Å². The Morgan fingerprint density at radius 2 is 1.84 bits per heavy atom. The van der Waals surface area contributed by atoms with Crippen LogP contribution < -0.4 is 15.4 Å². The minimum Gasteiger partial charge on any atom is -0.496 e. The molecule has 156 valence electrons. The second-order valence-corrected chi connectivity index (χ2v) is 9.61. The van der Waals surface area contributed by atoms with Crippen molar-refractivity contribution in [1.29, 1.82) is 0 Å². The predicted molar refractivity (Wildman–Crippen MR) is 137 cm³/mol. The molecule has 4 aromatic rings. The minimum atomic E-state index is -0.357. The van der Waals surface area contributed by atoms with E-state index in [9.17, 15) is 4.79 Å². The van der Waals surface area contributed by atoms with Crippen molar-refractivity contribution in [3.05, 3.63) is 75.2 Å². The fourth-order valence-electron chi connectivity index (χ4n) is 3.00. The number of carbonyl (C=O) groups is 1. The summed E-state index contributed by atoms with van der Waals surface area (Å²) in [5.41, 5.74) is 2.90. The Hall–Kier alpha value is -2.33. The van der Waals surface area contributed by atoms with Gasteiger partial charge in [-0.15, -0.1) is 11.3 Å². The Morgan fingerprint density at radius 3 is 2.61 bits per heavy atom. The number of thiocarbonyl (C=S) groups is 1. The van der Waals surface area contributed by atoms with Gasteiger partial charge < -0.3 is 10.1 Å². The lowest BCUT2D eigenvalue weighted by Gasteiger charge is -2.15. The summed E-state index contributed by atoms with van der Waals surface area (Å²) in [6, 6.07) is 18.8. The number of para-hydroxylation sites is 2. The first-order valence-corrected chi connectivity index (χ1v) is 11.9. The lowest BCUT2D eigenvalue weighted by Crippen LogP contribution is -2.34. The minimum absolute atomic E-state index is 0.168. The highest BCUT2D eigenvalue weighted by Crippen LogP contribution is 2.40. The SMILES string of the molecule is COc1ccccc1C(=O)NC(=S)Nc1c(Br)cc(Br)cc1-c1nc2ccccc2s1. The summed E-state index contributed by atoms with van der Waals surface area (Å²) >= 11 is 14.1. The molecule has 3 aromatic carbocycles. The predicted octanol–water partition coefficient (Wildman–Crippen LogP) is 6.62. The van der Waals surface area contributed by atoms with Crippen LogP contribution >= 0.6 is 55.4 Å². The summed E-state index contributed by atoms with van der Waals surface area (Å²) in [5, 5.41) is 6.87. The van der Waals surface area contributed by atoms with E-state index in [0.717, 1.165) is 29.7 Å². The van der Waals surface area contributed by atoms with Crippen LogP contribution in [0.3, 0.4) is 0 Å². The average Bonchev–Trinajstić information content (AvgIpc) is 3.19. The number of rotatable bonds is 4. The number of thiazole rings is 1. The van der Waals surface area contributed by atoms with Crippen molar-refractivity contribution in [2.45, 2.75) is 0 Å². The van der Waals surface area contributed by atoms with Crippen LogP contribution in [0, 0.1) is 0 Å². The molecule has 0 fully saturated rings. The molecular formula is C22H15Br2N3O2S2. The number of benzene rings is 3. The van der Waals surface area contributed by atoms with Gasteiger partial charge in [0.2, 0.25) is 0 Å². The Kier molecular flexibility index (Phi) is 6.66. The van der Waals surface area contributed by atoms with Crippen LogP contribution in [0.15, 0.2) is 69.6 Å². The highest BCUT2D eigenvalue weighted by Gasteiger charge is 2.18. The van der Waals surface area contributed by atoms with E-state index in [1.54, 1.807) is 35.6 Å².